The molecule has 1 saturated carbocycles. The van der Waals surface area contributed by atoms with Gasteiger partial charge in [0.1, 0.15) is 0 Å². The van der Waals surface area contributed by atoms with E-state index in [-0.39, 0.29) is 6.03 Å². The Morgan fingerprint density at radius 3 is 2.56 bits per heavy atom. The van der Waals surface area contributed by atoms with Gasteiger partial charge in [-0.3, -0.25) is 0 Å². The molecule has 0 spiro atoms. The number of hydrogen-bond acceptors (Lipinski definition) is 2. The van der Waals surface area contributed by atoms with E-state index in [0.29, 0.717) is 0 Å². The largest absolute Gasteiger partial charge is 0.328 e. The Morgan fingerprint density at radius 2 is 1.89 bits per heavy atom. The minimum atomic E-state index is 0.215. The molecule has 0 aromatic heterocycles. The maximum atomic E-state index is 12.2. The van der Waals surface area contributed by atoms with Gasteiger partial charge < -0.3 is 15.1 Å². The fraction of sp³-hybridized carbons (Fsp3) is 0.929. The lowest BCUT2D eigenvalue weighted by atomic mass is 9.87. The van der Waals surface area contributed by atoms with Gasteiger partial charge in [0.25, 0.3) is 0 Å². The van der Waals surface area contributed by atoms with E-state index in [4.69, 9.17) is 0 Å². The molecule has 0 bridgehead atoms. The van der Waals surface area contributed by atoms with E-state index in [0.717, 1.165) is 38.6 Å². The van der Waals surface area contributed by atoms with Crippen LogP contribution in [0.2, 0.25) is 0 Å². The van der Waals surface area contributed by atoms with Crippen LogP contribution in [0.4, 0.5) is 4.79 Å². The van der Waals surface area contributed by atoms with E-state index in [9.17, 15) is 4.79 Å². The van der Waals surface area contributed by atoms with Crippen LogP contribution in [-0.4, -0.2) is 55.6 Å². The summed E-state index contributed by atoms with van der Waals surface area (Å²) in [6.07, 6.45) is 8.12. The normalized spacial score (nSPS) is 21.9. The SMILES string of the molecule is CN(CCC1CCCCC1)C(=O)N1CCNCC1. The second-order valence-corrected chi connectivity index (χ2v) is 5.73. The van der Waals surface area contributed by atoms with Crippen molar-refractivity contribution in [3.8, 4) is 0 Å². The van der Waals surface area contributed by atoms with Gasteiger partial charge in [-0.1, -0.05) is 32.1 Å². The van der Waals surface area contributed by atoms with Gasteiger partial charge in [-0.25, -0.2) is 4.79 Å². The van der Waals surface area contributed by atoms with E-state index in [1.807, 2.05) is 16.8 Å². The van der Waals surface area contributed by atoms with Gasteiger partial charge >= 0.3 is 6.03 Å². The molecule has 1 heterocycles. The number of nitrogens with one attached hydrogen (secondary N) is 1. The summed E-state index contributed by atoms with van der Waals surface area (Å²) in [5.41, 5.74) is 0. The molecular formula is C14H27N3O. The third-order valence-electron chi connectivity index (χ3n) is 4.31. The number of piperazine rings is 1. The predicted molar refractivity (Wildman–Crippen MR) is 73.7 cm³/mol. The monoisotopic (exact) mass is 253 g/mol. The molecule has 2 amide bonds. The Labute approximate surface area is 111 Å². The third kappa shape index (κ3) is 3.87. The van der Waals surface area contributed by atoms with Crippen molar-refractivity contribution in [1.82, 2.24) is 15.1 Å². The fourth-order valence-electron chi connectivity index (χ4n) is 3.05. The van der Waals surface area contributed by atoms with E-state index >= 15 is 0 Å². The highest BCUT2D eigenvalue weighted by Crippen LogP contribution is 2.26. The number of hydrogen-bond donors (Lipinski definition) is 1. The molecule has 0 radical (unpaired) electrons. The highest BCUT2D eigenvalue weighted by Gasteiger charge is 2.21. The summed E-state index contributed by atoms with van der Waals surface area (Å²) in [6.45, 7) is 4.50. The summed E-state index contributed by atoms with van der Waals surface area (Å²) >= 11 is 0. The molecule has 0 atom stereocenters. The molecule has 1 N–H and O–H groups in total. The first-order valence-corrected chi connectivity index (χ1v) is 7.48. The summed E-state index contributed by atoms with van der Waals surface area (Å²) in [6, 6.07) is 0.215. The summed E-state index contributed by atoms with van der Waals surface area (Å²) in [7, 11) is 1.95. The van der Waals surface area contributed by atoms with Crippen LogP contribution < -0.4 is 5.32 Å². The van der Waals surface area contributed by atoms with Gasteiger partial charge in [-0.05, 0) is 12.3 Å². The van der Waals surface area contributed by atoms with Crippen molar-refractivity contribution in [2.24, 2.45) is 5.92 Å². The standard InChI is InChI=1S/C14H27N3O/c1-16(10-7-13-5-3-2-4-6-13)14(18)17-11-8-15-9-12-17/h13,15H,2-12H2,1H3. The molecule has 0 aromatic rings. The summed E-state index contributed by atoms with van der Waals surface area (Å²) in [4.78, 5) is 16.1. The van der Waals surface area contributed by atoms with Crippen molar-refractivity contribution < 1.29 is 4.79 Å². The quantitative estimate of drug-likeness (QED) is 0.834. The Kier molecular flexibility index (Phi) is 5.29. The van der Waals surface area contributed by atoms with Gasteiger partial charge in [0.15, 0.2) is 0 Å². The number of carbonyl (C=O) groups excluding carboxylic acids is 1. The first-order chi connectivity index (χ1) is 8.77. The Hall–Kier alpha value is -0.770. The van der Waals surface area contributed by atoms with Crippen LogP contribution in [-0.2, 0) is 0 Å². The first-order valence-electron chi connectivity index (χ1n) is 7.48. The zero-order valence-electron chi connectivity index (χ0n) is 11.7. The summed E-state index contributed by atoms with van der Waals surface area (Å²) < 4.78 is 0. The lowest BCUT2D eigenvalue weighted by molar-refractivity contribution is 0.152. The summed E-state index contributed by atoms with van der Waals surface area (Å²) in [5.74, 6) is 0.858. The minimum Gasteiger partial charge on any atom is -0.328 e. The molecule has 2 fully saturated rings. The van der Waals surface area contributed by atoms with Crippen LogP contribution in [0.1, 0.15) is 38.5 Å². The van der Waals surface area contributed by atoms with Gasteiger partial charge in [-0.15, -0.1) is 0 Å². The lowest BCUT2D eigenvalue weighted by Crippen LogP contribution is -2.50. The molecule has 2 rings (SSSR count). The highest BCUT2D eigenvalue weighted by molar-refractivity contribution is 5.74. The van der Waals surface area contributed by atoms with Gasteiger partial charge in [0.05, 0.1) is 0 Å². The van der Waals surface area contributed by atoms with E-state index in [1.54, 1.807) is 0 Å². The van der Waals surface area contributed by atoms with Crippen LogP contribution in [0.3, 0.4) is 0 Å². The van der Waals surface area contributed by atoms with Crippen molar-refractivity contribution in [2.75, 3.05) is 39.8 Å². The van der Waals surface area contributed by atoms with Crippen LogP contribution in [0.25, 0.3) is 0 Å². The van der Waals surface area contributed by atoms with Crippen LogP contribution in [0, 0.1) is 5.92 Å². The zero-order valence-corrected chi connectivity index (χ0v) is 11.7. The lowest BCUT2D eigenvalue weighted by Gasteiger charge is -2.32. The molecule has 1 aliphatic heterocycles. The molecule has 0 aromatic carbocycles. The van der Waals surface area contributed by atoms with Crippen LogP contribution in [0.15, 0.2) is 0 Å². The molecule has 4 nitrogen and oxygen atoms in total. The second kappa shape index (κ2) is 6.98. The average molecular weight is 253 g/mol. The number of carbonyl (C=O) groups is 1. The van der Waals surface area contributed by atoms with Crippen molar-refractivity contribution in [2.45, 2.75) is 38.5 Å². The topological polar surface area (TPSA) is 35.6 Å². The van der Waals surface area contributed by atoms with Crippen molar-refractivity contribution in [3.63, 3.8) is 0 Å². The molecule has 18 heavy (non-hydrogen) atoms. The summed E-state index contributed by atoms with van der Waals surface area (Å²) in [5, 5.41) is 3.28. The molecule has 2 aliphatic rings. The van der Waals surface area contributed by atoms with Gasteiger partial charge in [-0.2, -0.15) is 0 Å². The Bertz CT molecular complexity index is 258. The average Bonchev–Trinajstić information content (AvgIpc) is 2.46. The van der Waals surface area contributed by atoms with Gasteiger partial charge in [0.2, 0.25) is 0 Å². The number of urea groups is 1. The smallest absolute Gasteiger partial charge is 0.319 e. The van der Waals surface area contributed by atoms with Crippen molar-refractivity contribution >= 4 is 6.03 Å². The second-order valence-electron chi connectivity index (χ2n) is 5.73. The highest BCUT2D eigenvalue weighted by atomic mass is 16.2. The van der Waals surface area contributed by atoms with Gasteiger partial charge in [0, 0.05) is 39.8 Å². The number of rotatable bonds is 3. The molecule has 1 aliphatic carbocycles. The zero-order chi connectivity index (χ0) is 12.8. The molecular weight excluding hydrogens is 226 g/mol. The number of nitrogens with zero attached hydrogens (tertiary/aromatic N) is 2. The van der Waals surface area contributed by atoms with Crippen molar-refractivity contribution in [1.29, 1.82) is 0 Å². The molecule has 0 unspecified atom stereocenters. The Balaban J connectivity index is 1.69. The predicted octanol–water partition coefficient (Wildman–Crippen LogP) is 1.91. The molecule has 1 saturated heterocycles. The van der Waals surface area contributed by atoms with E-state index in [2.05, 4.69) is 5.32 Å². The van der Waals surface area contributed by atoms with Crippen LogP contribution in [0.5, 0.6) is 0 Å². The Morgan fingerprint density at radius 1 is 1.22 bits per heavy atom. The number of amides is 2. The minimum absolute atomic E-state index is 0.215. The molecule has 104 valence electrons. The molecule has 4 heteroatoms. The van der Waals surface area contributed by atoms with Crippen LogP contribution >= 0.6 is 0 Å². The fourth-order valence-corrected chi connectivity index (χ4v) is 3.05. The van der Waals surface area contributed by atoms with E-state index < -0.39 is 0 Å². The maximum absolute atomic E-state index is 12.2. The third-order valence-corrected chi connectivity index (χ3v) is 4.31. The first kappa shape index (κ1) is 13.7. The van der Waals surface area contributed by atoms with E-state index in [1.165, 1.54) is 38.5 Å². The van der Waals surface area contributed by atoms with Crippen molar-refractivity contribution in [3.05, 3.63) is 0 Å². The maximum Gasteiger partial charge on any atom is 0.319 e.